The summed E-state index contributed by atoms with van der Waals surface area (Å²) in [6.45, 7) is 2.50. The number of rotatable bonds is 4. The van der Waals surface area contributed by atoms with Crippen molar-refractivity contribution in [2.75, 3.05) is 36.4 Å². The Kier molecular flexibility index (Phi) is 5.08. The lowest BCUT2D eigenvalue weighted by Crippen LogP contribution is -2.46. The lowest BCUT2D eigenvalue weighted by Gasteiger charge is -2.32. The molecule has 0 unspecified atom stereocenters. The molecule has 2 amide bonds. The van der Waals surface area contributed by atoms with Gasteiger partial charge in [-0.05, 0) is 18.2 Å². The van der Waals surface area contributed by atoms with Gasteiger partial charge in [0, 0.05) is 44.3 Å². The Bertz CT molecular complexity index is 779. The summed E-state index contributed by atoms with van der Waals surface area (Å²) in [5.41, 5.74) is 0.654. The van der Waals surface area contributed by atoms with Gasteiger partial charge in [-0.1, -0.05) is 11.6 Å². The van der Waals surface area contributed by atoms with E-state index in [4.69, 9.17) is 11.6 Å². The molecule has 7 nitrogen and oxygen atoms in total. The molecule has 0 spiro atoms. The second-order valence-corrected chi connectivity index (χ2v) is 5.89. The predicted octanol–water partition coefficient (Wildman–Crippen LogP) is 1.80. The normalized spacial score (nSPS) is 14.3. The molecule has 9 heteroatoms. The first-order chi connectivity index (χ1) is 12.1. The summed E-state index contributed by atoms with van der Waals surface area (Å²) in [5.74, 6) is -0.464. The second kappa shape index (κ2) is 7.43. The van der Waals surface area contributed by atoms with Gasteiger partial charge >= 0.3 is 0 Å². The van der Waals surface area contributed by atoms with E-state index in [1.165, 1.54) is 30.6 Å². The van der Waals surface area contributed by atoms with Crippen LogP contribution in [0.3, 0.4) is 0 Å². The Balaban J connectivity index is 1.64. The zero-order valence-electron chi connectivity index (χ0n) is 13.2. The van der Waals surface area contributed by atoms with Crippen molar-refractivity contribution >= 4 is 35.6 Å². The number of aromatic nitrogens is 2. The van der Waals surface area contributed by atoms with Gasteiger partial charge in [-0.3, -0.25) is 9.59 Å². The fourth-order valence-corrected chi connectivity index (χ4v) is 2.59. The van der Waals surface area contributed by atoms with Crippen LogP contribution in [0.15, 0.2) is 30.6 Å². The SMILES string of the molecule is O=CN1CCN(c2ncc(C(=O)Nc3ccc(F)c(Cl)c3)cn2)CC1. The molecule has 0 bridgehead atoms. The third-order valence-electron chi connectivity index (χ3n) is 3.82. The molecule has 1 aromatic heterocycles. The molecule has 2 heterocycles. The van der Waals surface area contributed by atoms with Crippen molar-refractivity contribution in [1.82, 2.24) is 14.9 Å². The van der Waals surface area contributed by atoms with E-state index in [0.717, 1.165) is 6.41 Å². The molecular formula is C16H15ClFN5O2. The van der Waals surface area contributed by atoms with E-state index in [9.17, 15) is 14.0 Å². The summed E-state index contributed by atoms with van der Waals surface area (Å²) in [5, 5.41) is 2.54. The highest BCUT2D eigenvalue weighted by atomic mass is 35.5. The molecule has 0 saturated carbocycles. The molecule has 1 aliphatic rings. The van der Waals surface area contributed by atoms with E-state index in [1.807, 2.05) is 4.90 Å². The molecule has 0 atom stereocenters. The van der Waals surface area contributed by atoms with E-state index in [2.05, 4.69) is 15.3 Å². The van der Waals surface area contributed by atoms with E-state index in [1.54, 1.807) is 4.90 Å². The third kappa shape index (κ3) is 4.03. The minimum atomic E-state index is -0.554. The molecule has 3 rings (SSSR count). The summed E-state index contributed by atoms with van der Waals surface area (Å²) >= 11 is 5.69. The smallest absolute Gasteiger partial charge is 0.258 e. The Labute approximate surface area is 148 Å². The van der Waals surface area contributed by atoms with Crippen LogP contribution in [0.2, 0.25) is 5.02 Å². The molecule has 25 heavy (non-hydrogen) atoms. The molecule has 1 aliphatic heterocycles. The van der Waals surface area contributed by atoms with Crippen molar-refractivity contribution in [3.05, 3.63) is 47.0 Å². The zero-order chi connectivity index (χ0) is 17.8. The van der Waals surface area contributed by atoms with Crippen molar-refractivity contribution < 1.29 is 14.0 Å². The fourth-order valence-electron chi connectivity index (χ4n) is 2.41. The molecular weight excluding hydrogens is 349 g/mol. The van der Waals surface area contributed by atoms with Gasteiger partial charge in [0.05, 0.1) is 10.6 Å². The summed E-state index contributed by atoms with van der Waals surface area (Å²) < 4.78 is 13.1. The first-order valence-electron chi connectivity index (χ1n) is 7.59. The number of hydrogen-bond acceptors (Lipinski definition) is 5. The van der Waals surface area contributed by atoms with Crippen LogP contribution >= 0.6 is 11.6 Å². The zero-order valence-corrected chi connectivity index (χ0v) is 13.9. The van der Waals surface area contributed by atoms with E-state index >= 15 is 0 Å². The van der Waals surface area contributed by atoms with Crippen LogP contribution in [0.1, 0.15) is 10.4 Å². The standard InChI is InChI=1S/C16H15ClFN5O2/c17-13-7-12(1-2-14(13)18)21-15(25)11-8-19-16(20-9-11)23-5-3-22(10-24)4-6-23/h1-2,7-10H,3-6H2,(H,21,25). The van der Waals surface area contributed by atoms with Gasteiger partial charge in [0.15, 0.2) is 0 Å². The van der Waals surface area contributed by atoms with Crippen LogP contribution in [-0.4, -0.2) is 53.4 Å². The number of benzene rings is 1. The maximum atomic E-state index is 13.1. The Morgan fingerprint density at radius 1 is 1.20 bits per heavy atom. The predicted molar refractivity (Wildman–Crippen MR) is 91.2 cm³/mol. The van der Waals surface area contributed by atoms with Crippen LogP contribution in [-0.2, 0) is 4.79 Å². The van der Waals surface area contributed by atoms with Crippen LogP contribution in [0.5, 0.6) is 0 Å². The number of anilines is 2. The maximum absolute atomic E-state index is 13.1. The van der Waals surface area contributed by atoms with Crippen molar-refractivity contribution in [2.24, 2.45) is 0 Å². The Morgan fingerprint density at radius 3 is 2.48 bits per heavy atom. The van der Waals surface area contributed by atoms with E-state index in [0.29, 0.717) is 37.8 Å². The molecule has 1 saturated heterocycles. The topological polar surface area (TPSA) is 78.4 Å². The summed E-state index contributed by atoms with van der Waals surface area (Å²) in [7, 11) is 0. The highest BCUT2D eigenvalue weighted by Crippen LogP contribution is 2.20. The summed E-state index contributed by atoms with van der Waals surface area (Å²) in [4.78, 5) is 35.0. The molecule has 1 fully saturated rings. The highest BCUT2D eigenvalue weighted by Gasteiger charge is 2.18. The number of nitrogens with one attached hydrogen (secondary N) is 1. The van der Waals surface area contributed by atoms with E-state index < -0.39 is 11.7 Å². The number of carbonyl (C=O) groups excluding carboxylic acids is 2. The summed E-state index contributed by atoms with van der Waals surface area (Å²) in [6, 6.07) is 3.92. The lowest BCUT2D eigenvalue weighted by atomic mass is 10.2. The average molecular weight is 364 g/mol. The number of amides is 2. The monoisotopic (exact) mass is 363 g/mol. The quantitative estimate of drug-likeness (QED) is 0.838. The van der Waals surface area contributed by atoms with E-state index in [-0.39, 0.29) is 10.6 Å². The molecule has 1 aromatic carbocycles. The van der Waals surface area contributed by atoms with Gasteiger partial charge in [-0.15, -0.1) is 0 Å². The van der Waals surface area contributed by atoms with Crippen molar-refractivity contribution in [3.63, 3.8) is 0 Å². The lowest BCUT2D eigenvalue weighted by molar-refractivity contribution is -0.118. The van der Waals surface area contributed by atoms with Crippen molar-refractivity contribution in [3.8, 4) is 0 Å². The molecule has 2 aromatic rings. The van der Waals surface area contributed by atoms with Gasteiger partial charge in [0.25, 0.3) is 5.91 Å². The number of hydrogen-bond donors (Lipinski definition) is 1. The van der Waals surface area contributed by atoms with Crippen molar-refractivity contribution in [2.45, 2.75) is 0 Å². The fraction of sp³-hybridized carbons (Fsp3) is 0.250. The minimum Gasteiger partial charge on any atom is -0.342 e. The third-order valence-corrected chi connectivity index (χ3v) is 4.11. The Morgan fingerprint density at radius 2 is 1.88 bits per heavy atom. The van der Waals surface area contributed by atoms with Crippen LogP contribution in [0, 0.1) is 5.82 Å². The first kappa shape index (κ1) is 17.1. The molecule has 0 radical (unpaired) electrons. The minimum absolute atomic E-state index is 0.0705. The Hall–Kier alpha value is -2.74. The number of nitrogens with zero attached hydrogens (tertiary/aromatic N) is 4. The number of halogens is 2. The number of carbonyl (C=O) groups is 2. The molecule has 1 N–H and O–H groups in total. The van der Waals surface area contributed by atoms with Gasteiger partial charge in [0.2, 0.25) is 12.4 Å². The van der Waals surface area contributed by atoms with Crippen molar-refractivity contribution in [1.29, 1.82) is 0 Å². The van der Waals surface area contributed by atoms with Crippen LogP contribution < -0.4 is 10.2 Å². The van der Waals surface area contributed by atoms with Gasteiger partial charge in [-0.25, -0.2) is 14.4 Å². The first-order valence-corrected chi connectivity index (χ1v) is 7.97. The largest absolute Gasteiger partial charge is 0.342 e. The van der Waals surface area contributed by atoms with Crippen LogP contribution in [0.4, 0.5) is 16.0 Å². The number of piperazine rings is 1. The van der Waals surface area contributed by atoms with Gasteiger partial charge in [0.1, 0.15) is 5.82 Å². The second-order valence-electron chi connectivity index (χ2n) is 5.48. The summed E-state index contributed by atoms with van der Waals surface area (Å²) in [6.07, 6.45) is 3.68. The van der Waals surface area contributed by atoms with Gasteiger partial charge < -0.3 is 15.1 Å². The maximum Gasteiger partial charge on any atom is 0.258 e. The molecule has 0 aliphatic carbocycles. The molecule has 130 valence electrons. The highest BCUT2D eigenvalue weighted by molar-refractivity contribution is 6.31. The average Bonchev–Trinajstić information content (AvgIpc) is 2.65. The van der Waals surface area contributed by atoms with Crippen LogP contribution in [0.25, 0.3) is 0 Å². The van der Waals surface area contributed by atoms with Gasteiger partial charge in [-0.2, -0.15) is 0 Å².